The monoisotopic (exact) mass is 209 g/mol. The summed E-state index contributed by atoms with van der Waals surface area (Å²) in [5.41, 5.74) is 6.27. The number of hydrogen-bond donors (Lipinski definition) is 2. The summed E-state index contributed by atoms with van der Waals surface area (Å²) in [5.74, 6) is 1.60. The van der Waals surface area contributed by atoms with Crippen LogP contribution >= 0.6 is 0 Å². The van der Waals surface area contributed by atoms with Crippen molar-refractivity contribution in [1.82, 2.24) is 0 Å². The van der Waals surface area contributed by atoms with Crippen molar-refractivity contribution in [3.8, 4) is 11.5 Å². The second kappa shape index (κ2) is 3.98. The number of anilines is 1. The maximum atomic E-state index is 8.89. The zero-order valence-electron chi connectivity index (χ0n) is 8.64. The third-order valence-electron chi connectivity index (χ3n) is 2.56. The number of nitrogen functional groups attached to an aromatic ring is 1. The molecule has 1 fully saturated rings. The molecule has 2 rings (SSSR count). The first-order chi connectivity index (χ1) is 7.24. The summed E-state index contributed by atoms with van der Waals surface area (Å²) in [7, 11) is 1.58. The van der Waals surface area contributed by atoms with Gasteiger partial charge in [0.2, 0.25) is 0 Å². The number of hydrogen-bond acceptors (Lipinski definition) is 4. The predicted molar refractivity (Wildman–Crippen MR) is 57.0 cm³/mol. The molecule has 0 spiro atoms. The number of methoxy groups -OCH3 is 1. The van der Waals surface area contributed by atoms with Crippen molar-refractivity contribution in [2.24, 2.45) is 5.92 Å². The molecule has 1 aromatic rings. The van der Waals surface area contributed by atoms with E-state index in [0.29, 0.717) is 17.2 Å². The molecular formula is C11H15NO3. The number of benzene rings is 1. The molecule has 2 atom stereocenters. The predicted octanol–water partition coefficient (Wildman–Crippen LogP) is 1.04. The first kappa shape index (κ1) is 10.1. The molecule has 0 amide bonds. The molecule has 0 unspecified atom stereocenters. The Bertz CT molecular complexity index is 354. The van der Waals surface area contributed by atoms with Gasteiger partial charge in [0.15, 0.2) is 11.5 Å². The van der Waals surface area contributed by atoms with Crippen LogP contribution in [0.5, 0.6) is 11.5 Å². The average Bonchev–Trinajstić information content (AvgIpc) is 2.99. The lowest BCUT2D eigenvalue weighted by atomic mass is 10.3. The summed E-state index contributed by atoms with van der Waals surface area (Å²) in [5, 5.41) is 8.89. The zero-order chi connectivity index (χ0) is 10.8. The summed E-state index contributed by atoms with van der Waals surface area (Å²) in [6, 6.07) is 5.29. The lowest BCUT2D eigenvalue weighted by molar-refractivity contribution is 0.219. The SMILES string of the molecule is COc1cc(N)ccc1O[C@@H]1C[C@@H]1CO. The fraction of sp³-hybridized carbons (Fsp3) is 0.455. The van der Waals surface area contributed by atoms with Crippen LogP contribution in [0.1, 0.15) is 6.42 Å². The minimum Gasteiger partial charge on any atom is -0.493 e. The van der Waals surface area contributed by atoms with Crippen LogP contribution in [0.3, 0.4) is 0 Å². The van der Waals surface area contributed by atoms with Crippen molar-refractivity contribution in [3.63, 3.8) is 0 Å². The van der Waals surface area contributed by atoms with E-state index in [0.717, 1.165) is 6.42 Å². The maximum absolute atomic E-state index is 8.89. The van der Waals surface area contributed by atoms with Crippen LogP contribution in [0.25, 0.3) is 0 Å². The van der Waals surface area contributed by atoms with E-state index < -0.39 is 0 Å². The van der Waals surface area contributed by atoms with Crippen LogP contribution in [0.15, 0.2) is 18.2 Å². The van der Waals surface area contributed by atoms with E-state index in [-0.39, 0.29) is 18.6 Å². The number of aliphatic hydroxyl groups is 1. The first-order valence-electron chi connectivity index (χ1n) is 4.95. The second-order valence-corrected chi connectivity index (χ2v) is 3.74. The fourth-order valence-corrected chi connectivity index (χ4v) is 1.50. The van der Waals surface area contributed by atoms with Crippen molar-refractivity contribution < 1.29 is 14.6 Å². The molecule has 1 aromatic carbocycles. The van der Waals surface area contributed by atoms with Gasteiger partial charge in [0.05, 0.1) is 7.11 Å². The largest absolute Gasteiger partial charge is 0.493 e. The summed E-state index contributed by atoms with van der Waals surface area (Å²) in [6.45, 7) is 0.182. The van der Waals surface area contributed by atoms with E-state index in [2.05, 4.69) is 0 Å². The van der Waals surface area contributed by atoms with Crippen molar-refractivity contribution in [3.05, 3.63) is 18.2 Å². The molecule has 0 aromatic heterocycles. The molecule has 0 saturated heterocycles. The Kier molecular flexibility index (Phi) is 2.68. The average molecular weight is 209 g/mol. The van der Waals surface area contributed by atoms with Crippen LogP contribution in [0.2, 0.25) is 0 Å². The first-order valence-corrected chi connectivity index (χ1v) is 4.95. The van der Waals surface area contributed by atoms with E-state index >= 15 is 0 Å². The lowest BCUT2D eigenvalue weighted by Gasteiger charge is -2.10. The van der Waals surface area contributed by atoms with Gasteiger partial charge in [0.1, 0.15) is 6.10 Å². The minimum atomic E-state index is 0.118. The van der Waals surface area contributed by atoms with Gasteiger partial charge in [-0.15, -0.1) is 0 Å². The Morgan fingerprint density at radius 2 is 2.27 bits per heavy atom. The number of ether oxygens (including phenoxy) is 2. The highest BCUT2D eigenvalue weighted by Crippen LogP contribution is 2.38. The molecule has 3 N–H and O–H groups in total. The van der Waals surface area contributed by atoms with Crippen LogP contribution < -0.4 is 15.2 Å². The summed E-state index contributed by atoms with van der Waals surface area (Å²) in [4.78, 5) is 0. The molecule has 1 saturated carbocycles. The molecule has 0 bridgehead atoms. The Balaban J connectivity index is 2.07. The van der Waals surface area contributed by atoms with E-state index in [4.69, 9.17) is 20.3 Å². The van der Waals surface area contributed by atoms with Gasteiger partial charge in [-0.3, -0.25) is 0 Å². The van der Waals surface area contributed by atoms with Gasteiger partial charge in [-0.2, -0.15) is 0 Å². The molecule has 1 aliphatic carbocycles. The molecular weight excluding hydrogens is 194 g/mol. The van der Waals surface area contributed by atoms with Crippen LogP contribution in [0, 0.1) is 5.92 Å². The van der Waals surface area contributed by atoms with Gasteiger partial charge in [0.25, 0.3) is 0 Å². The molecule has 4 nitrogen and oxygen atoms in total. The topological polar surface area (TPSA) is 64.7 Å². The second-order valence-electron chi connectivity index (χ2n) is 3.74. The van der Waals surface area contributed by atoms with Crippen molar-refractivity contribution in [2.75, 3.05) is 19.5 Å². The summed E-state index contributed by atoms with van der Waals surface area (Å²) < 4.78 is 10.8. The molecule has 0 radical (unpaired) electrons. The molecule has 0 heterocycles. The smallest absolute Gasteiger partial charge is 0.162 e. The Morgan fingerprint density at radius 1 is 1.47 bits per heavy atom. The van der Waals surface area contributed by atoms with Gasteiger partial charge < -0.3 is 20.3 Å². The van der Waals surface area contributed by atoms with Crippen molar-refractivity contribution in [1.29, 1.82) is 0 Å². The van der Waals surface area contributed by atoms with Gasteiger partial charge >= 0.3 is 0 Å². The van der Waals surface area contributed by atoms with E-state index in [1.165, 1.54) is 0 Å². The van der Waals surface area contributed by atoms with Crippen LogP contribution in [-0.2, 0) is 0 Å². The number of nitrogens with two attached hydrogens (primary N) is 1. The molecule has 0 aliphatic heterocycles. The van der Waals surface area contributed by atoms with Gasteiger partial charge in [-0.1, -0.05) is 0 Å². The Hall–Kier alpha value is -1.42. The van der Waals surface area contributed by atoms with Crippen LogP contribution in [0.4, 0.5) is 5.69 Å². The summed E-state index contributed by atoms with van der Waals surface area (Å²) in [6.07, 6.45) is 1.02. The standard InChI is InChI=1S/C11H15NO3/c1-14-11-5-8(12)2-3-9(11)15-10-4-7(10)6-13/h2-3,5,7,10,13H,4,6,12H2,1H3/t7-,10-/m1/s1. The highest BCUT2D eigenvalue weighted by molar-refractivity contribution is 5.52. The Morgan fingerprint density at radius 3 is 2.87 bits per heavy atom. The Labute approximate surface area is 88.6 Å². The highest BCUT2D eigenvalue weighted by Gasteiger charge is 2.39. The third-order valence-corrected chi connectivity index (χ3v) is 2.56. The number of rotatable bonds is 4. The quantitative estimate of drug-likeness (QED) is 0.727. The molecule has 15 heavy (non-hydrogen) atoms. The third kappa shape index (κ3) is 2.15. The molecule has 1 aliphatic rings. The fourth-order valence-electron chi connectivity index (χ4n) is 1.50. The lowest BCUT2D eigenvalue weighted by Crippen LogP contribution is -2.04. The van der Waals surface area contributed by atoms with E-state index in [1.807, 2.05) is 0 Å². The maximum Gasteiger partial charge on any atom is 0.162 e. The van der Waals surface area contributed by atoms with Gasteiger partial charge in [-0.25, -0.2) is 0 Å². The van der Waals surface area contributed by atoms with E-state index in [9.17, 15) is 0 Å². The van der Waals surface area contributed by atoms with Crippen molar-refractivity contribution in [2.45, 2.75) is 12.5 Å². The number of aliphatic hydroxyl groups excluding tert-OH is 1. The zero-order valence-corrected chi connectivity index (χ0v) is 8.64. The summed E-state index contributed by atoms with van der Waals surface area (Å²) >= 11 is 0. The van der Waals surface area contributed by atoms with Crippen LogP contribution in [-0.4, -0.2) is 24.9 Å². The van der Waals surface area contributed by atoms with Gasteiger partial charge in [0, 0.05) is 24.3 Å². The normalized spacial score (nSPS) is 23.6. The molecule has 82 valence electrons. The van der Waals surface area contributed by atoms with Gasteiger partial charge in [-0.05, 0) is 18.6 Å². The molecule has 4 heteroatoms. The van der Waals surface area contributed by atoms with E-state index in [1.54, 1.807) is 25.3 Å². The minimum absolute atomic E-state index is 0.118. The van der Waals surface area contributed by atoms with Crippen molar-refractivity contribution >= 4 is 5.69 Å². The highest BCUT2D eigenvalue weighted by atomic mass is 16.5.